The highest BCUT2D eigenvalue weighted by atomic mass is 79.9. The van der Waals surface area contributed by atoms with Gasteiger partial charge in [0.1, 0.15) is 5.75 Å². The quantitative estimate of drug-likeness (QED) is 0.853. The molecule has 1 aromatic heterocycles. The standard InChI is InChI=1S/C7H6BrNO3/c8-5-1-6(3-9-2-5)12-4-7(10)11/h1-3H,4H2,(H,10,11). The van der Waals surface area contributed by atoms with E-state index >= 15 is 0 Å². The summed E-state index contributed by atoms with van der Waals surface area (Å²) in [5.41, 5.74) is 0. The van der Waals surface area contributed by atoms with Gasteiger partial charge in [0.05, 0.1) is 6.20 Å². The van der Waals surface area contributed by atoms with Gasteiger partial charge in [-0.05, 0) is 22.0 Å². The Morgan fingerprint density at radius 2 is 2.42 bits per heavy atom. The van der Waals surface area contributed by atoms with E-state index in [0.29, 0.717) is 5.75 Å². The third kappa shape index (κ3) is 2.87. The maximum Gasteiger partial charge on any atom is 0.341 e. The molecule has 0 saturated heterocycles. The normalized spacial score (nSPS) is 9.42. The topological polar surface area (TPSA) is 59.4 Å². The van der Waals surface area contributed by atoms with Crippen molar-refractivity contribution in [2.45, 2.75) is 0 Å². The maximum atomic E-state index is 10.1. The highest BCUT2D eigenvalue weighted by Gasteiger charge is 1.99. The fourth-order valence-electron chi connectivity index (χ4n) is 0.616. The number of carboxylic acids is 1. The summed E-state index contributed by atoms with van der Waals surface area (Å²) < 4.78 is 5.61. The van der Waals surface area contributed by atoms with Crippen molar-refractivity contribution in [3.8, 4) is 5.75 Å². The molecule has 4 nitrogen and oxygen atoms in total. The van der Waals surface area contributed by atoms with Gasteiger partial charge in [-0.1, -0.05) is 0 Å². The molecule has 0 saturated carbocycles. The first kappa shape index (κ1) is 8.99. The van der Waals surface area contributed by atoms with Crippen LogP contribution < -0.4 is 4.74 Å². The van der Waals surface area contributed by atoms with E-state index in [2.05, 4.69) is 20.9 Å². The molecule has 0 amide bonds. The predicted molar refractivity (Wildman–Crippen MR) is 45.1 cm³/mol. The molecular formula is C7H6BrNO3. The molecule has 0 aromatic carbocycles. The van der Waals surface area contributed by atoms with E-state index in [9.17, 15) is 4.79 Å². The Kier molecular flexibility index (Phi) is 3.04. The van der Waals surface area contributed by atoms with E-state index in [1.807, 2.05) is 0 Å². The van der Waals surface area contributed by atoms with E-state index in [1.54, 1.807) is 12.3 Å². The molecule has 0 aliphatic rings. The van der Waals surface area contributed by atoms with Crippen LogP contribution in [0.1, 0.15) is 0 Å². The summed E-state index contributed by atoms with van der Waals surface area (Å²) in [5.74, 6) is -0.568. The Labute approximate surface area is 77.3 Å². The van der Waals surface area contributed by atoms with Crippen molar-refractivity contribution >= 4 is 21.9 Å². The summed E-state index contributed by atoms with van der Waals surface area (Å²) in [4.78, 5) is 13.9. The van der Waals surface area contributed by atoms with Gasteiger partial charge in [-0.25, -0.2) is 4.79 Å². The molecule has 1 aromatic rings. The van der Waals surface area contributed by atoms with Crippen LogP contribution in [0.25, 0.3) is 0 Å². The van der Waals surface area contributed by atoms with Gasteiger partial charge in [0.2, 0.25) is 0 Å². The number of nitrogens with zero attached hydrogens (tertiary/aromatic N) is 1. The minimum absolute atomic E-state index is 0.349. The van der Waals surface area contributed by atoms with Crippen LogP contribution in [0.15, 0.2) is 22.9 Å². The van der Waals surface area contributed by atoms with Gasteiger partial charge in [0.25, 0.3) is 0 Å². The maximum absolute atomic E-state index is 10.1. The average Bonchev–Trinajstić information content (AvgIpc) is 2.01. The molecule has 0 atom stereocenters. The number of ether oxygens (including phenoxy) is 1. The van der Waals surface area contributed by atoms with Crippen molar-refractivity contribution in [1.29, 1.82) is 0 Å². The number of hydrogen-bond acceptors (Lipinski definition) is 3. The van der Waals surface area contributed by atoms with Gasteiger partial charge in [0.15, 0.2) is 6.61 Å². The van der Waals surface area contributed by atoms with Crippen molar-refractivity contribution < 1.29 is 14.6 Å². The Morgan fingerprint density at radius 1 is 1.67 bits per heavy atom. The molecule has 0 aliphatic carbocycles. The first-order valence-corrected chi connectivity index (χ1v) is 3.93. The zero-order valence-electron chi connectivity index (χ0n) is 6.03. The van der Waals surface area contributed by atoms with Gasteiger partial charge in [-0.15, -0.1) is 0 Å². The van der Waals surface area contributed by atoms with Crippen LogP contribution in [0, 0.1) is 0 Å². The molecule has 1 N–H and O–H groups in total. The van der Waals surface area contributed by atoms with Gasteiger partial charge in [-0.2, -0.15) is 0 Å². The Hall–Kier alpha value is -1.10. The number of carboxylic acid groups (broad SMARTS) is 1. The zero-order valence-corrected chi connectivity index (χ0v) is 7.61. The lowest BCUT2D eigenvalue weighted by Crippen LogP contribution is -2.09. The Bertz CT molecular complexity index is 290. The van der Waals surface area contributed by atoms with Crippen LogP contribution in [0.4, 0.5) is 0 Å². The smallest absolute Gasteiger partial charge is 0.341 e. The number of aliphatic carboxylic acids is 1. The largest absolute Gasteiger partial charge is 0.480 e. The molecule has 1 rings (SSSR count). The van der Waals surface area contributed by atoms with Crippen LogP contribution >= 0.6 is 15.9 Å². The monoisotopic (exact) mass is 231 g/mol. The van der Waals surface area contributed by atoms with Crippen LogP contribution in [0.5, 0.6) is 5.75 Å². The first-order valence-electron chi connectivity index (χ1n) is 3.13. The minimum atomic E-state index is -1.00. The Balaban J connectivity index is 2.57. The predicted octanol–water partition coefficient (Wildman–Crippen LogP) is 1.31. The summed E-state index contributed by atoms with van der Waals surface area (Å²) in [6.45, 7) is -0.349. The second-order valence-electron chi connectivity index (χ2n) is 2.02. The van der Waals surface area contributed by atoms with E-state index in [1.165, 1.54) is 6.20 Å². The third-order valence-corrected chi connectivity index (χ3v) is 1.48. The number of hydrogen-bond donors (Lipinski definition) is 1. The SMILES string of the molecule is O=C(O)COc1cncc(Br)c1. The second kappa shape index (κ2) is 4.06. The molecule has 0 spiro atoms. The molecule has 64 valence electrons. The number of aromatic nitrogens is 1. The van der Waals surface area contributed by atoms with Gasteiger partial charge < -0.3 is 9.84 Å². The van der Waals surface area contributed by atoms with E-state index < -0.39 is 5.97 Å². The minimum Gasteiger partial charge on any atom is -0.480 e. The van der Waals surface area contributed by atoms with Crippen molar-refractivity contribution in [3.63, 3.8) is 0 Å². The average molecular weight is 232 g/mol. The summed E-state index contributed by atoms with van der Waals surface area (Å²) >= 11 is 3.18. The molecule has 0 radical (unpaired) electrons. The molecule has 0 fully saturated rings. The van der Waals surface area contributed by atoms with Crippen molar-refractivity contribution in [1.82, 2.24) is 4.98 Å². The van der Waals surface area contributed by atoms with E-state index in [0.717, 1.165) is 4.47 Å². The third-order valence-electron chi connectivity index (χ3n) is 1.04. The summed E-state index contributed by atoms with van der Waals surface area (Å²) in [7, 11) is 0. The summed E-state index contributed by atoms with van der Waals surface area (Å²) in [6.07, 6.45) is 3.04. The highest BCUT2D eigenvalue weighted by Crippen LogP contribution is 2.15. The van der Waals surface area contributed by atoms with Crippen molar-refractivity contribution in [2.75, 3.05) is 6.61 Å². The number of rotatable bonds is 3. The van der Waals surface area contributed by atoms with Crippen LogP contribution in [0.3, 0.4) is 0 Å². The summed E-state index contributed by atoms with van der Waals surface area (Å²) in [5, 5.41) is 8.29. The Morgan fingerprint density at radius 3 is 3.00 bits per heavy atom. The highest BCUT2D eigenvalue weighted by molar-refractivity contribution is 9.10. The lowest BCUT2D eigenvalue weighted by atomic mass is 10.5. The van der Waals surface area contributed by atoms with Gasteiger partial charge in [0, 0.05) is 10.7 Å². The van der Waals surface area contributed by atoms with E-state index in [4.69, 9.17) is 9.84 Å². The van der Waals surface area contributed by atoms with E-state index in [-0.39, 0.29) is 6.61 Å². The fourth-order valence-corrected chi connectivity index (χ4v) is 0.960. The number of halogens is 1. The molecule has 0 unspecified atom stereocenters. The van der Waals surface area contributed by atoms with Gasteiger partial charge in [-0.3, -0.25) is 4.98 Å². The van der Waals surface area contributed by atoms with Crippen molar-refractivity contribution in [2.24, 2.45) is 0 Å². The second-order valence-corrected chi connectivity index (χ2v) is 2.94. The summed E-state index contributed by atoms with van der Waals surface area (Å²) in [6, 6.07) is 1.65. The lowest BCUT2D eigenvalue weighted by molar-refractivity contribution is -0.139. The molecular weight excluding hydrogens is 226 g/mol. The molecule has 5 heteroatoms. The number of carbonyl (C=O) groups is 1. The first-order chi connectivity index (χ1) is 5.68. The number of pyridine rings is 1. The molecule has 12 heavy (non-hydrogen) atoms. The zero-order chi connectivity index (χ0) is 8.97. The lowest BCUT2D eigenvalue weighted by Gasteiger charge is -2.01. The van der Waals surface area contributed by atoms with Crippen LogP contribution in [-0.4, -0.2) is 22.7 Å². The fraction of sp³-hybridized carbons (Fsp3) is 0.143. The molecule has 1 heterocycles. The van der Waals surface area contributed by atoms with Crippen LogP contribution in [-0.2, 0) is 4.79 Å². The van der Waals surface area contributed by atoms with Crippen molar-refractivity contribution in [3.05, 3.63) is 22.9 Å². The van der Waals surface area contributed by atoms with Gasteiger partial charge >= 0.3 is 5.97 Å². The van der Waals surface area contributed by atoms with Crippen LogP contribution in [0.2, 0.25) is 0 Å². The molecule has 0 aliphatic heterocycles. The molecule has 0 bridgehead atoms.